The fourth-order valence-electron chi connectivity index (χ4n) is 3.02. The number of imidazole rings is 1. The van der Waals surface area contributed by atoms with Gasteiger partial charge in [0.25, 0.3) is 0 Å². The second kappa shape index (κ2) is 4.08. The molecule has 1 heterocycles. The molecule has 2 aromatic rings. The van der Waals surface area contributed by atoms with Gasteiger partial charge in [0.05, 0.1) is 14.6 Å². The van der Waals surface area contributed by atoms with E-state index >= 15 is 0 Å². The van der Waals surface area contributed by atoms with Gasteiger partial charge in [-0.3, -0.25) is 0 Å². The first-order valence-electron chi connectivity index (χ1n) is 6.15. The van der Waals surface area contributed by atoms with Gasteiger partial charge in [-0.2, -0.15) is 0 Å². The van der Waals surface area contributed by atoms with Crippen molar-refractivity contribution in [3.63, 3.8) is 0 Å². The van der Waals surface area contributed by atoms with Gasteiger partial charge in [-0.25, -0.2) is 9.37 Å². The largest absolute Gasteiger partial charge is 0.369 e. The molecule has 18 heavy (non-hydrogen) atoms. The van der Waals surface area contributed by atoms with Gasteiger partial charge in [0, 0.05) is 11.6 Å². The van der Waals surface area contributed by atoms with E-state index in [1.54, 1.807) is 12.1 Å². The van der Waals surface area contributed by atoms with E-state index in [1.165, 1.54) is 12.8 Å². The summed E-state index contributed by atoms with van der Waals surface area (Å²) in [5.74, 6) is 0.293. The molecule has 0 amide bonds. The zero-order valence-corrected chi connectivity index (χ0v) is 12.4. The molecule has 1 aliphatic rings. The van der Waals surface area contributed by atoms with Gasteiger partial charge >= 0.3 is 0 Å². The van der Waals surface area contributed by atoms with Crippen LogP contribution in [0.15, 0.2) is 12.1 Å². The van der Waals surface area contributed by atoms with Gasteiger partial charge in [-0.1, -0.05) is 12.8 Å². The fraction of sp³-hybridized carbons (Fsp3) is 0.462. The number of hydrogen-bond acceptors (Lipinski definition) is 2. The molecule has 1 aromatic carbocycles. The van der Waals surface area contributed by atoms with E-state index in [9.17, 15) is 4.39 Å². The summed E-state index contributed by atoms with van der Waals surface area (Å²) in [7, 11) is 0. The number of hydrogen-bond donors (Lipinski definition) is 1. The van der Waals surface area contributed by atoms with Crippen LogP contribution < -0.4 is 5.73 Å². The van der Waals surface area contributed by atoms with E-state index in [0.29, 0.717) is 9.52 Å². The van der Waals surface area contributed by atoms with Crippen molar-refractivity contribution in [3.8, 4) is 0 Å². The monoisotopic (exact) mass is 359 g/mol. The van der Waals surface area contributed by atoms with Crippen LogP contribution >= 0.6 is 22.6 Å². The van der Waals surface area contributed by atoms with E-state index in [1.807, 2.05) is 27.2 Å². The Kier molecular flexibility index (Phi) is 2.76. The molecule has 1 fully saturated rings. The summed E-state index contributed by atoms with van der Waals surface area (Å²) in [6.45, 7) is 2.19. The maximum atomic E-state index is 13.8. The topological polar surface area (TPSA) is 43.8 Å². The van der Waals surface area contributed by atoms with Crippen molar-refractivity contribution < 1.29 is 4.39 Å². The average Bonchev–Trinajstić information content (AvgIpc) is 2.84. The normalized spacial score (nSPS) is 18.6. The van der Waals surface area contributed by atoms with Crippen molar-refractivity contribution in [3.05, 3.63) is 21.5 Å². The minimum absolute atomic E-state index is 0.0158. The number of benzene rings is 1. The van der Waals surface area contributed by atoms with Crippen molar-refractivity contribution in [2.75, 3.05) is 5.73 Å². The Morgan fingerprint density at radius 1 is 1.39 bits per heavy atom. The molecule has 0 atom stereocenters. The Morgan fingerprint density at radius 2 is 2.06 bits per heavy atom. The predicted octanol–water partition coefficient (Wildman–Crippen LogP) is 3.65. The quantitative estimate of drug-likeness (QED) is 0.790. The van der Waals surface area contributed by atoms with Crippen LogP contribution in [-0.2, 0) is 5.54 Å². The summed E-state index contributed by atoms with van der Waals surface area (Å²) in [6.07, 6.45) is 4.55. The fourth-order valence-corrected chi connectivity index (χ4v) is 3.47. The third-order valence-corrected chi connectivity index (χ3v) is 4.77. The van der Waals surface area contributed by atoms with Crippen LogP contribution in [0.1, 0.15) is 32.6 Å². The summed E-state index contributed by atoms with van der Waals surface area (Å²) >= 11 is 1.98. The Labute approximate surface area is 119 Å². The molecule has 1 aromatic heterocycles. The maximum Gasteiger partial charge on any atom is 0.201 e. The molecule has 1 aliphatic carbocycles. The van der Waals surface area contributed by atoms with Crippen LogP contribution in [0.4, 0.5) is 10.3 Å². The number of nitrogens with two attached hydrogens (primary N) is 1. The van der Waals surface area contributed by atoms with Gasteiger partial charge in [0.2, 0.25) is 5.95 Å². The molecule has 0 unspecified atom stereocenters. The first-order chi connectivity index (χ1) is 8.51. The number of nitrogens with zero attached hydrogens (tertiary/aromatic N) is 2. The summed E-state index contributed by atoms with van der Waals surface area (Å²) in [5, 5.41) is 0. The smallest absolute Gasteiger partial charge is 0.201 e. The Balaban J connectivity index is 2.28. The van der Waals surface area contributed by atoms with E-state index in [4.69, 9.17) is 5.73 Å². The third kappa shape index (κ3) is 1.71. The minimum Gasteiger partial charge on any atom is -0.369 e. The molecular formula is C13H15FIN3. The van der Waals surface area contributed by atoms with Crippen LogP contribution in [0.25, 0.3) is 11.0 Å². The molecule has 96 valence electrons. The van der Waals surface area contributed by atoms with Crippen molar-refractivity contribution in [1.29, 1.82) is 0 Å². The Morgan fingerprint density at radius 3 is 2.72 bits per heavy atom. The highest BCUT2D eigenvalue weighted by molar-refractivity contribution is 14.1. The molecule has 0 aliphatic heterocycles. The lowest BCUT2D eigenvalue weighted by Gasteiger charge is -2.27. The second-order valence-corrected chi connectivity index (χ2v) is 6.43. The molecule has 2 N–H and O–H groups in total. The van der Waals surface area contributed by atoms with Gasteiger partial charge in [-0.05, 0) is 48.4 Å². The van der Waals surface area contributed by atoms with Crippen LogP contribution in [-0.4, -0.2) is 9.55 Å². The molecule has 1 saturated carbocycles. The summed E-state index contributed by atoms with van der Waals surface area (Å²) in [5.41, 5.74) is 7.63. The van der Waals surface area contributed by atoms with E-state index in [-0.39, 0.29) is 11.4 Å². The number of aromatic nitrogens is 2. The Hall–Kier alpha value is -0.850. The minimum atomic E-state index is -0.203. The average molecular weight is 359 g/mol. The lowest BCUT2D eigenvalue weighted by Crippen LogP contribution is -2.27. The number of rotatable bonds is 1. The molecule has 0 saturated heterocycles. The van der Waals surface area contributed by atoms with E-state index in [2.05, 4.69) is 11.9 Å². The molecule has 0 radical (unpaired) electrons. The van der Waals surface area contributed by atoms with Gasteiger partial charge < -0.3 is 10.3 Å². The summed E-state index contributed by atoms with van der Waals surface area (Å²) in [6, 6.07) is 3.32. The molecule has 3 nitrogen and oxygen atoms in total. The van der Waals surface area contributed by atoms with Crippen LogP contribution in [0.3, 0.4) is 0 Å². The van der Waals surface area contributed by atoms with Crippen LogP contribution in [0.2, 0.25) is 0 Å². The second-order valence-electron chi connectivity index (χ2n) is 5.26. The van der Waals surface area contributed by atoms with Crippen LogP contribution in [0.5, 0.6) is 0 Å². The van der Waals surface area contributed by atoms with Crippen molar-refractivity contribution in [2.24, 2.45) is 0 Å². The summed E-state index contributed by atoms with van der Waals surface area (Å²) < 4.78 is 16.4. The van der Waals surface area contributed by atoms with Crippen molar-refractivity contribution in [1.82, 2.24) is 9.55 Å². The molecule has 5 heteroatoms. The summed E-state index contributed by atoms with van der Waals surface area (Å²) in [4.78, 5) is 4.37. The Bertz CT molecular complexity index is 614. The van der Waals surface area contributed by atoms with Crippen molar-refractivity contribution in [2.45, 2.75) is 38.1 Å². The molecule has 0 spiro atoms. The van der Waals surface area contributed by atoms with Crippen molar-refractivity contribution >= 4 is 39.6 Å². The molecule has 3 rings (SSSR count). The standard InChI is InChI=1S/C13H15FIN3/c1-13(4-2-3-5-13)18-11-6-8(14)9(15)7-10(11)17-12(18)16/h6-7H,2-5H2,1H3,(H2,16,17). The number of nitrogen functional groups attached to an aromatic ring is 1. The first kappa shape index (κ1) is 12.2. The van der Waals surface area contributed by atoms with E-state index in [0.717, 1.165) is 23.9 Å². The van der Waals surface area contributed by atoms with Gasteiger partial charge in [-0.15, -0.1) is 0 Å². The zero-order valence-electron chi connectivity index (χ0n) is 10.2. The van der Waals surface area contributed by atoms with Gasteiger partial charge in [0.15, 0.2) is 0 Å². The highest BCUT2D eigenvalue weighted by atomic mass is 127. The van der Waals surface area contributed by atoms with Gasteiger partial charge in [0.1, 0.15) is 5.82 Å². The number of anilines is 1. The number of halogens is 2. The molecular weight excluding hydrogens is 344 g/mol. The number of fused-ring (bicyclic) bond motifs is 1. The molecule has 0 bridgehead atoms. The zero-order chi connectivity index (χ0) is 12.9. The highest BCUT2D eigenvalue weighted by Crippen LogP contribution is 2.40. The predicted molar refractivity (Wildman–Crippen MR) is 78.9 cm³/mol. The lowest BCUT2D eigenvalue weighted by molar-refractivity contribution is 0.343. The maximum absolute atomic E-state index is 13.8. The van der Waals surface area contributed by atoms with Crippen LogP contribution in [0, 0.1) is 9.39 Å². The highest BCUT2D eigenvalue weighted by Gasteiger charge is 2.33. The SMILES string of the molecule is CC1(n2c(N)nc3cc(I)c(F)cc32)CCCC1. The lowest BCUT2D eigenvalue weighted by atomic mass is 10.00. The van der Waals surface area contributed by atoms with E-state index < -0.39 is 0 Å². The third-order valence-electron chi connectivity index (χ3n) is 3.94. The first-order valence-corrected chi connectivity index (χ1v) is 7.23.